The van der Waals surface area contributed by atoms with Crippen LogP contribution >= 0.6 is 23.2 Å². The standard InChI is InChI=1S/C15H21Cl2FN2/c1-10(9-20-5-3-4-6-20)19-11(2)12-7-15(18)14(17)8-13(12)16/h7-8,10-11,19H,3-6,9H2,1-2H3. The predicted molar refractivity (Wildman–Crippen MR) is 83.1 cm³/mol. The Morgan fingerprint density at radius 3 is 2.50 bits per heavy atom. The second kappa shape index (κ2) is 7.08. The van der Waals surface area contributed by atoms with Gasteiger partial charge in [-0.15, -0.1) is 0 Å². The quantitative estimate of drug-likeness (QED) is 0.816. The fourth-order valence-electron chi connectivity index (χ4n) is 2.79. The summed E-state index contributed by atoms with van der Waals surface area (Å²) >= 11 is 11.9. The maximum atomic E-state index is 13.6. The minimum absolute atomic E-state index is 0.00753. The molecule has 1 heterocycles. The van der Waals surface area contributed by atoms with Crippen LogP contribution in [0.2, 0.25) is 10.0 Å². The highest BCUT2D eigenvalue weighted by Crippen LogP contribution is 2.28. The van der Waals surface area contributed by atoms with Crippen LogP contribution in [0.3, 0.4) is 0 Å². The molecule has 1 aliphatic rings. The van der Waals surface area contributed by atoms with Crippen LogP contribution in [-0.4, -0.2) is 30.6 Å². The van der Waals surface area contributed by atoms with Gasteiger partial charge in [-0.05, 0) is 57.5 Å². The molecule has 0 bridgehead atoms. The zero-order valence-electron chi connectivity index (χ0n) is 11.9. The van der Waals surface area contributed by atoms with Gasteiger partial charge in [0.05, 0.1) is 5.02 Å². The lowest BCUT2D eigenvalue weighted by Gasteiger charge is -2.25. The van der Waals surface area contributed by atoms with E-state index in [1.165, 1.54) is 38.1 Å². The SMILES string of the molecule is CC(CN1CCCC1)NC(C)c1cc(F)c(Cl)cc1Cl. The van der Waals surface area contributed by atoms with Gasteiger partial charge >= 0.3 is 0 Å². The Morgan fingerprint density at radius 2 is 1.85 bits per heavy atom. The van der Waals surface area contributed by atoms with Gasteiger partial charge in [-0.1, -0.05) is 23.2 Å². The van der Waals surface area contributed by atoms with Crippen LogP contribution in [0.4, 0.5) is 4.39 Å². The Hall–Kier alpha value is -0.350. The molecule has 1 saturated heterocycles. The Balaban J connectivity index is 1.96. The molecule has 0 saturated carbocycles. The zero-order valence-corrected chi connectivity index (χ0v) is 13.4. The van der Waals surface area contributed by atoms with Crippen molar-refractivity contribution in [3.05, 3.63) is 33.6 Å². The van der Waals surface area contributed by atoms with Gasteiger partial charge in [0.1, 0.15) is 5.82 Å². The highest BCUT2D eigenvalue weighted by Gasteiger charge is 2.18. The summed E-state index contributed by atoms with van der Waals surface area (Å²) in [7, 11) is 0. The molecule has 1 aliphatic heterocycles. The number of hydrogen-bond donors (Lipinski definition) is 1. The normalized spacial score (nSPS) is 19.2. The van der Waals surface area contributed by atoms with E-state index in [1.54, 1.807) is 0 Å². The Labute approximate surface area is 130 Å². The van der Waals surface area contributed by atoms with E-state index >= 15 is 0 Å². The highest BCUT2D eigenvalue weighted by molar-refractivity contribution is 6.35. The fraction of sp³-hybridized carbons (Fsp3) is 0.600. The van der Waals surface area contributed by atoms with Crippen LogP contribution in [0, 0.1) is 5.82 Å². The van der Waals surface area contributed by atoms with Gasteiger partial charge in [0.25, 0.3) is 0 Å². The van der Waals surface area contributed by atoms with Crippen molar-refractivity contribution in [2.75, 3.05) is 19.6 Å². The van der Waals surface area contributed by atoms with Gasteiger partial charge in [0.15, 0.2) is 0 Å². The molecule has 0 aromatic heterocycles. The van der Waals surface area contributed by atoms with Crippen LogP contribution in [0.1, 0.15) is 38.3 Å². The smallest absolute Gasteiger partial charge is 0.142 e. The molecule has 1 fully saturated rings. The largest absolute Gasteiger partial charge is 0.306 e. The van der Waals surface area contributed by atoms with Crippen LogP contribution in [0.25, 0.3) is 0 Å². The fourth-order valence-corrected chi connectivity index (χ4v) is 3.34. The monoisotopic (exact) mass is 318 g/mol. The van der Waals surface area contributed by atoms with Crippen LogP contribution in [0.5, 0.6) is 0 Å². The van der Waals surface area contributed by atoms with E-state index in [1.807, 2.05) is 6.92 Å². The Morgan fingerprint density at radius 1 is 1.20 bits per heavy atom. The van der Waals surface area contributed by atoms with E-state index in [4.69, 9.17) is 23.2 Å². The molecule has 2 rings (SSSR count). The van der Waals surface area contributed by atoms with Gasteiger partial charge in [-0.3, -0.25) is 0 Å². The van der Waals surface area contributed by atoms with Crippen molar-refractivity contribution in [3.8, 4) is 0 Å². The van der Waals surface area contributed by atoms with Crippen molar-refractivity contribution >= 4 is 23.2 Å². The number of nitrogens with one attached hydrogen (secondary N) is 1. The maximum absolute atomic E-state index is 13.6. The summed E-state index contributed by atoms with van der Waals surface area (Å²) in [6.07, 6.45) is 2.58. The lowest BCUT2D eigenvalue weighted by molar-refractivity contribution is 0.289. The average Bonchev–Trinajstić information content (AvgIpc) is 2.86. The first-order chi connectivity index (χ1) is 9.47. The van der Waals surface area contributed by atoms with Crippen molar-refractivity contribution < 1.29 is 4.39 Å². The van der Waals surface area contributed by atoms with Crippen LogP contribution < -0.4 is 5.32 Å². The molecule has 2 atom stereocenters. The van der Waals surface area contributed by atoms with Gasteiger partial charge in [0.2, 0.25) is 0 Å². The molecule has 2 unspecified atom stereocenters. The van der Waals surface area contributed by atoms with Crippen molar-refractivity contribution in [2.45, 2.75) is 38.8 Å². The molecule has 0 spiro atoms. The Bertz CT molecular complexity index is 461. The lowest BCUT2D eigenvalue weighted by Crippen LogP contribution is -2.39. The number of likely N-dealkylation sites (tertiary alicyclic amines) is 1. The second-order valence-electron chi connectivity index (χ2n) is 5.58. The van der Waals surface area contributed by atoms with Crippen molar-refractivity contribution in [3.63, 3.8) is 0 Å². The number of hydrogen-bond acceptors (Lipinski definition) is 2. The zero-order chi connectivity index (χ0) is 14.7. The number of halogens is 3. The lowest BCUT2D eigenvalue weighted by atomic mass is 10.1. The maximum Gasteiger partial charge on any atom is 0.142 e. The number of rotatable bonds is 5. The van der Waals surface area contributed by atoms with Gasteiger partial charge in [-0.2, -0.15) is 0 Å². The summed E-state index contributed by atoms with van der Waals surface area (Å²) in [5.74, 6) is -0.424. The molecule has 20 heavy (non-hydrogen) atoms. The van der Waals surface area contributed by atoms with Crippen LogP contribution in [-0.2, 0) is 0 Å². The van der Waals surface area contributed by atoms with Crippen LogP contribution in [0.15, 0.2) is 12.1 Å². The van der Waals surface area contributed by atoms with Crippen molar-refractivity contribution in [2.24, 2.45) is 0 Å². The molecule has 2 nitrogen and oxygen atoms in total. The van der Waals surface area contributed by atoms with E-state index in [0.717, 1.165) is 12.1 Å². The molecule has 1 aromatic rings. The summed E-state index contributed by atoms with van der Waals surface area (Å²) < 4.78 is 13.6. The summed E-state index contributed by atoms with van der Waals surface area (Å²) in [6.45, 7) is 7.51. The topological polar surface area (TPSA) is 15.3 Å². The third-order valence-corrected chi connectivity index (χ3v) is 4.39. The molecule has 1 aromatic carbocycles. The molecule has 0 amide bonds. The van der Waals surface area contributed by atoms with E-state index in [-0.39, 0.29) is 11.1 Å². The minimum Gasteiger partial charge on any atom is -0.306 e. The molecule has 0 aliphatic carbocycles. The van der Waals surface area contributed by atoms with Gasteiger partial charge < -0.3 is 10.2 Å². The number of benzene rings is 1. The molecule has 5 heteroatoms. The Kier molecular flexibility index (Phi) is 5.67. The minimum atomic E-state index is -0.424. The molecular formula is C15H21Cl2FN2. The summed E-state index contributed by atoms with van der Waals surface area (Å²) in [4.78, 5) is 2.45. The second-order valence-corrected chi connectivity index (χ2v) is 6.40. The average molecular weight is 319 g/mol. The first-order valence-corrected chi connectivity index (χ1v) is 7.86. The number of nitrogens with zero attached hydrogens (tertiary/aromatic N) is 1. The van der Waals surface area contributed by atoms with Crippen molar-refractivity contribution in [1.82, 2.24) is 10.2 Å². The molecule has 112 valence electrons. The molecular weight excluding hydrogens is 298 g/mol. The first-order valence-electron chi connectivity index (χ1n) is 7.10. The first kappa shape index (κ1) is 16.0. The van der Waals surface area contributed by atoms with Gasteiger partial charge in [0, 0.05) is 23.7 Å². The van der Waals surface area contributed by atoms with E-state index in [2.05, 4.69) is 17.1 Å². The van der Waals surface area contributed by atoms with Gasteiger partial charge in [-0.25, -0.2) is 4.39 Å². The van der Waals surface area contributed by atoms with Crippen molar-refractivity contribution in [1.29, 1.82) is 0 Å². The molecule has 0 radical (unpaired) electrons. The third kappa shape index (κ3) is 4.08. The van der Waals surface area contributed by atoms with E-state index < -0.39 is 5.82 Å². The summed E-state index contributed by atoms with van der Waals surface area (Å²) in [6, 6.07) is 3.21. The summed E-state index contributed by atoms with van der Waals surface area (Å²) in [5.41, 5.74) is 0.752. The highest BCUT2D eigenvalue weighted by atomic mass is 35.5. The molecule has 1 N–H and O–H groups in total. The third-order valence-electron chi connectivity index (χ3n) is 3.77. The summed E-state index contributed by atoms with van der Waals surface area (Å²) in [5, 5.41) is 4.04. The van der Waals surface area contributed by atoms with E-state index in [0.29, 0.717) is 11.1 Å². The van der Waals surface area contributed by atoms with E-state index in [9.17, 15) is 4.39 Å². The predicted octanol–water partition coefficient (Wildman–Crippen LogP) is 4.27.